The number of hydrogen-bond donors (Lipinski definition) is 1. The Balaban J connectivity index is 1.36. The average Bonchev–Trinajstić information content (AvgIpc) is 3.25. The van der Waals surface area contributed by atoms with Crippen LogP contribution in [0.15, 0.2) is 36.7 Å². The largest absolute Gasteiger partial charge is 0.326 e. The molecule has 1 heterocycles. The molecule has 2 saturated carbocycles. The first-order chi connectivity index (χ1) is 11.2. The van der Waals surface area contributed by atoms with E-state index in [1.54, 1.807) is 17.1 Å². The van der Waals surface area contributed by atoms with Gasteiger partial charge >= 0.3 is 0 Å². The number of carbonyl (C=O) groups is 1. The van der Waals surface area contributed by atoms with Crippen LogP contribution < -0.4 is 5.32 Å². The molecule has 1 aromatic carbocycles. The molecule has 0 unspecified atom stereocenters. The molecule has 0 radical (unpaired) electrons. The summed E-state index contributed by atoms with van der Waals surface area (Å²) in [4.78, 5) is 12.3. The van der Waals surface area contributed by atoms with Gasteiger partial charge in [-0.05, 0) is 61.3 Å². The Kier molecular flexibility index (Phi) is 3.85. The van der Waals surface area contributed by atoms with Crippen molar-refractivity contribution in [3.8, 4) is 5.69 Å². The van der Waals surface area contributed by atoms with Crippen LogP contribution in [0, 0.1) is 17.8 Å². The topological polar surface area (TPSA) is 46.9 Å². The van der Waals surface area contributed by atoms with Crippen LogP contribution in [0.2, 0.25) is 5.02 Å². The molecule has 2 aromatic rings. The number of fused-ring (bicyclic) bond motifs is 2. The minimum absolute atomic E-state index is 0.137. The van der Waals surface area contributed by atoms with Crippen LogP contribution in [0.3, 0.4) is 0 Å². The van der Waals surface area contributed by atoms with Crippen molar-refractivity contribution in [3.63, 3.8) is 0 Å². The summed E-state index contributed by atoms with van der Waals surface area (Å²) in [5, 5.41) is 7.79. The van der Waals surface area contributed by atoms with Crippen LogP contribution in [0.1, 0.15) is 32.1 Å². The summed E-state index contributed by atoms with van der Waals surface area (Å²) in [6, 6.07) is 7.67. The molecule has 1 aromatic heterocycles. The third kappa shape index (κ3) is 3.13. The van der Waals surface area contributed by atoms with Gasteiger partial charge in [0, 0.05) is 18.3 Å². The first-order valence-electron chi connectivity index (χ1n) is 8.28. The maximum absolute atomic E-state index is 12.3. The second-order valence-electron chi connectivity index (χ2n) is 6.84. The van der Waals surface area contributed by atoms with Crippen LogP contribution in [-0.4, -0.2) is 15.7 Å². The van der Waals surface area contributed by atoms with Crippen molar-refractivity contribution < 1.29 is 4.79 Å². The van der Waals surface area contributed by atoms with E-state index in [0.29, 0.717) is 17.4 Å². The van der Waals surface area contributed by atoms with Gasteiger partial charge in [0.25, 0.3) is 0 Å². The molecule has 0 saturated heterocycles. The molecule has 1 N–H and O–H groups in total. The molecule has 2 aliphatic carbocycles. The molecule has 0 spiro atoms. The minimum Gasteiger partial charge on any atom is -0.326 e. The highest BCUT2D eigenvalue weighted by atomic mass is 35.5. The Morgan fingerprint density at radius 1 is 1.26 bits per heavy atom. The van der Waals surface area contributed by atoms with Gasteiger partial charge in [0.05, 0.1) is 16.9 Å². The Morgan fingerprint density at radius 2 is 2.09 bits per heavy atom. The van der Waals surface area contributed by atoms with Gasteiger partial charge in [0.15, 0.2) is 0 Å². The van der Waals surface area contributed by atoms with E-state index in [1.165, 1.54) is 25.7 Å². The number of rotatable bonds is 4. The third-order valence-electron chi connectivity index (χ3n) is 5.30. The van der Waals surface area contributed by atoms with E-state index in [1.807, 2.05) is 24.3 Å². The highest BCUT2D eigenvalue weighted by molar-refractivity contribution is 6.30. The van der Waals surface area contributed by atoms with Gasteiger partial charge in [0.1, 0.15) is 0 Å². The quantitative estimate of drug-likeness (QED) is 0.909. The molecule has 0 aliphatic heterocycles. The van der Waals surface area contributed by atoms with E-state index in [-0.39, 0.29) is 5.91 Å². The molecule has 4 nitrogen and oxygen atoms in total. The van der Waals surface area contributed by atoms with E-state index < -0.39 is 0 Å². The summed E-state index contributed by atoms with van der Waals surface area (Å²) in [6.07, 6.45) is 9.32. The third-order valence-corrected chi connectivity index (χ3v) is 5.49. The second-order valence-corrected chi connectivity index (χ2v) is 7.27. The number of nitrogens with zero attached hydrogens (tertiary/aromatic N) is 2. The molecule has 120 valence electrons. The number of aromatic nitrogens is 2. The van der Waals surface area contributed by atoms with Crippen molar-refractivity contribution in [1.29, 1.82) is 0 Å². The predicted molar refractivity (Wildman–Crippen MR) is 90.8 cm³/mol. The monoisotopic (exact) mass is 329 g/mol. The van der Waals surface area contributed by atoms with Crippen molar-refractivity contribution in [1.82, 2.24) is 9.78 Å². The first-order valence-corrected chi connectivity index (χ1v) is 8.65. The molecule has 23 heavy (non-hydrogen) atoms. The minimum atomic E-state index is 0.137. The smallest absolute Gasteiger partial charge is 0.224 e. The normalized spacial score (nSPS) is 25.7. The highest BCUT2D eigenvalue weighted by Gasteiger charge is 2.40. The van der Waals surface area contributed by atoms with Crippen LogP contribution >= 0.6 is 11.6 Å². The molecule has 4 rings (SSSR count). The van der Waals surface area contributed by atoms with Gasteiger partial charge in [-0.2, -0.15) is 5.10 Å². The first kappa shape index (κ1) is 14.8. The van der Waals surface area contributed by atoms with Gasteiger partial charge in [-0.25, -0.2) is 4.68 Å². The number of nitrogens with one attached hydrogen (secondary N) is 1. The second kappa shape index (κ2) is 6.00. The molecule has 2 aliphatic rings. The Hall–Kier alpha value is -1.81. The van der Waals surface area contributed by atoms with Crippen molar-refractivity contribution in [2.45, 2.75) is 32.1 Å². The van der Waals surface area contributed by atoms with Crippen molar-refractivity contribution in [2.75, 3.05) is 5.32 Å². The van der Waals surface area contributed by atoms with Crippen LogP contribution in [0.25, 0.3) is 5.69 Å². The van der Waals surface area contributed by atoms with Gasteiger partial charge in [-0.15, -0.1) is 0 Å². The van der Waals surface area contributed by atoms with Crippen molar-refractivity contribution in [3.05, 3.63) is 41.7 Å². The van der Waals surface area contributed by atoms with E-state index >= 15 is 0 Å². The average molecular weight is 330 g/mol. The standard InChI is InChI=1S/C18H20ClN3O/c19-15-10-20-22(11-15)17-5-3-16(4-6-17)21-18(23)9-14-8-12-1-2-13(14)7-12/h3-6,10-14H,1-2,7-9H2,(H,21,23)/t12-,13+,14+/m0/s1. The number of amides is 1. The zero-order valence-electron chi connectivity index (χ0n) is 12.9. The lowest BCUT2D eigenvalue weighted by atomic mass is 9.86. The fourth-order valence-corrected chi connectivity index (χ4v) is 4.35. The molecular weight excluding hydrogens is 310 g/mol. The zero-order chi connectivity index (χ0) is 15.8. The van der Waals surface area contributed by atoms with Crippen molar-refractivity contribution >= 4 is 23.2 Å². The maximum atomic E-state index is 12.3. The molecule has 1 amide bonds. The van der Waals surface area contributed by atoms with Crippen molar-refractivity contribution in [2.24, 2.45) is 17.8 Å². The van der Waals surface area contributed by atoms with E-state index in [4.69, 9.17) is 11.6 Å². The summed E-state index contributed by atoms with van der Waals surface area (Å²) >= 11 is 5.88. The fraction of sp³-hybridized carbons (Fsp3) is 0.444. The zero-order valence-corrected chi connectivity index (χ0v) is 13.7. The molecular formula is C18H20ClN3O. The number of anilines is 1. The summed E-state index contributed by atoms with van der Waals surface area (Å²) in [7, 11) is 0. The lowest BCUT2D eigenvalue weighted by Crippen LogP contribution is -2.20. The summed E-state index contributed by atoms with van der Waals surface area (Å²) in [5.41, 5.74) is 1.75. The Labute approximate surface area is 140 Å². The highest BCUT2D eigenvalue weighted by Crippen LogP contribution is 2.49. The van der Waals surface area contributed by atoms with Crippen LogP contribution in [0.4, 0.5) is 5.69 Å². The summed E-state index contributed by atoms with van der Waals surface area (Å²) in [6.45, 7) is 0. The van der Waals surface area contributed by atoms with Crippen LogP contribution in [-0.2, 0) is 4.79 Å². The van der Waals surface area contributed by atoms with Crippen LogP contribution in [0.5, 0.6) is 0 Å². The molecule has 2 bridgehead atoms. The Bertz CT molecular complexity index is 709. The lowest BCUT2D eigenvalue weighted by molar-refractivity contribution is -0.117. The van der Waals surface area contributed by atoms with Gasteiger partial charge < -0.3 is 5.32 Å². The molecule has 2 fully saturated rings. The van der Waals surface area contributed by atoms with E-state index in [0.717, 1.165) is 23.2 Å². The van der Waals surface area contributed by atoms with Gasteiger partial charge in [0.2, 0.25) is 5.91 Å². The van der Waals surface area contributed by atoms with E-state index in [9.17, 15) is 4.79 Å². The number of carbonyl (C=O) groups excluding carboxylic acids is 1. The van der Waals surface area contributed by atoms with E-state index in [2.05, 4.69) is 10.4 Å². The fourth-order valence-electron chi connectivity index (χ4n) is 4.22. The number of benzene rings is 1. The van der Waals surface area contributed by atoms with Gasteiger partial charge in [-0.1, -0.05) is 18.0 Å². The lowest BCUT2D eigenvalue weighted by Gasteiger charge is -2.20. The number of halogens is 1. The SMILES string of the molecule is O=C(C[C@H]1C[C@H]2CC[C@@H]1C2)Nc1ccc(-n2cc(Cl)cn2)cc1. The molecule has 5 heteroatoms. The summed E-state index contributed by atoms with van der Waals surface area (Å²) in [5.74, 6) is 2.41. The summed E-state index contributed by atoms with van der Waals surface area (Å²) < 4.78 is 1.71. The maximum Gasteiger partial charge on any atom is 0.224 e. The molecule has 3 atom stereocenters. The Morgan fingerprint density at radius 3 is 2.70 bits per heavy atom. The number of hydrogen-bond acceptors (Lipinski definition) is 2. The van der Waals surface area contributed by atoms with Gasteiger partial charge in [-0.3, -0.25) is 4.79 Å². The predicted octanol–water partition coefficient (Wildman–Crippen LogP) is 4.29.